The highest BCUT2D eigenvalue weighted by atomic mass is 32.2. The lowest BCUT2D eigenvalue weighted by Gasteiger charge is -2.26. The van der Waals surface area contributed by atoms with Gasteiger partial charge in [0, 0.05) is 30.5 Å². The van der Waals surface area contributed by atoms with E-state index in [-0.39, 0.29) is 28.1 Å². The first kappa shape index (κ1) is 19.6. The van der Waals surface area contributed by atoms with Crippen molar-refractivity contribution in [3.8, 4) is 0 Å². The zero-order valence-electron chi connectivity index (χ0n) is 15.0. The van der Waals surface area contributed by atoms with Gasteiger partial charge >= 0.3 is 0 Å². The lowest BCUT2D eigenvalue weighted by molar-refractivity contribution is -0.385. The van der Waals surface area contributed by atoms with E-state index in [1.165, 1.54) is 29.2 Å². The molecule has 1 atom stereocenters. The van der Waals surface area contributed by atoms with Crippen LogP contribution in [0.15, 0.2) is 47.4 Å². The average molecular weight is 376 g/mol. The van der Waals surface area contributed by atoms with Crippen LogP contribution in [-0.2, 0) is 9.84 Å². The number of nitrogens with zero attached hydrogens (tertiary/aromatic N) is 2. The molecule has 0 N–H and O–H groups in total. The maximum absolute atomic E-state index is 12.8. The molecule has 1 amide bonds. The second-order valence-electron chi connectivity index (χ2n) is 6.14. The van der Waals surface area contributed by atoms with Gasteiger partial charge in [-0.25, -0.2) is 8.42 Å². The van der Waals surface area contributed by atoms with Crippen molar-refractivity contribution in [1.29, 1.82) is 0 Å². The van der Waals surface area contributed by atoms with Crippen LogP contribution in [0.5, 0.6) is 0 Å². The largest absolute Gasteiger partial charge is 0.335 e. The van der Waals surface area contributed by atoms with Crippen molar-refractivity contribution >= 4 is 21.4 Å². The number of nitro benzene ring substituents is 1. The van der Waals surface area contributed by atoms with Crippen LogP contribution in [0.1, 0.15) is 34.5 Å². The van der Waals surface area contributed by atoms with Crippen LogP contribution >= 0.6 is 0 Å². The SMILES string of the molecule is Cc1c(C(=O)N(C)[C@H](C)c2ccc(S(C)(=O)=O)cc2)cccc1[N+](=O)[O-]. The Hall–Kier alpha value is -2.74. The monoisotopic (exact) mass is 376 g/mol. The first-order chi connectivity index (χ1) is 12.0. The smallest absolute Gasteiger partial charge is 0.273 e. The van der Waals surface area contributed by atoms with Crippen LogP contribution in [0.4, 0.5) is 5.69 Å². The van der Waals surface area contributed by atoms with Gasteiger partial charge in [-0.05, 0) is 37.6 Å². The van der Waals surface area contributed by atoms with Gasteiger partial charge in [-0.15, -0.1) is 0 Å². The molecule has 26 heavy (non-hydrogen) atoms. The zero-order valence-corrected chi connectivity index (χ0v) is 15.8. The highest BCUT2D eigenvalue weighted by Gasteiger charge is 2.24. The molecule has 0 aliphatic rings. The van der Waals surface area contributed by atoms with E-state index in [1.807, 2.05) is 0 Å². The van der Waals surface area contributed by atoms with Crippen molar-refractivity contribution in [2.24, 2.45) is 0 Å². The van der Waals surface area contributed by atoms with Crippen LogP contribution < -0.4 is 0 Å². The zero-order chi connectivity index (χ0) is 19.6. The third-order valence-electron chi connectivity index (χ3n) is 4.42. The van der Waals surface area contributed by atoms with E-state index in [9.17, 15) is 23.3 Å². The number of carbonyl (C=O) groups is 1. The van der Waals surface area contributed by atoms with Gasteiger partial charge < -0.3 is 4.90 Å². The molecule has 0 unspecified atom stereocenters. The molecule has 2 aromatic rings. The van der Waals surface area contributed by atoms with Crippen LogP contribution in [-0.4, -0.2) is 37.5 Å². The Morgan fingerprint density at radius 3 is 2.23 bits per heavy atom. The molecule has 7 nitrogen and oxygen atoms in total. The van der Waals surface area contributed by atoms with E-state index in [1.54, 1.807) is 39.1 Å². The molecular weight excluding hydrogens is 356 g/mol. The first-order valence-electron chi connectivity index (χ1n) is 7.85. The van der Waals surface area contributed by atoms with Crippen molar-refractivity contribution in [3.05, 3.63) is 69.3 Å². The predicted molar refractivity (Wildman–Crippen MR) is 97.9 cm³/mol. The van der Waals surface area contributed by atoms with E-state index >= 15 is 0 Å². The van der Waals surface area contributed by atoms with Gasteiger partial charge in [0.2, 0.25) is 0 Å². The van der Waals surface area contributed by atoms with Crippen LogP contribution in [0.25, 0.3) is 0 Å². The number of benzene rings is 2. The molecule has 0 saturated carbocycles. The Morgan fingerprint density at radius 1 is 1.15 bits per heavy atom. The Bertz CT molecular complexity index is 952. The lowest BCUT2D eigenvalue weighted by atomic mass is 10.0. The summed E-state index contributed by atoms with van der Waals surface area (Å²) < 4.78 is 23.1. The number of sulfone groups is 1. The first-order valence-corrected chi connectivity index (χ1v) is 9.74. The molecule has 2 aromatic carbocycles. The lowest BCUT2D eigenvalue weighted by Crippen LogP contribution is -2.30. The summed E-state index contributed by atoms with van der Waals surface area (Å²) in [5.41, 5.74) is 1.24. The van der Waals surface area contributed by atoms with E-state index in [0.29, 0.717) is 5.56 Å². The van der Waals surface area contributed by atoms with Gasteiger partial charge in [-0.3, -0.25) is 14.9 Å². The molecule has 0 fully saturated rings. The van der Waals surface area contributed by atoms with E-state index in [0.717, 1.165) is 11.8 Å². The summed E-state index contributed by atoms with van der Waals surface area (Å²) in [7, 11) is -1.68. The van der Waals surface area contributed by atoms with Gasteiger partial charge in [-0.2, -0.15) is 0 Å². The second-order valence-corrected chi connectivity index (χ2v) is 8.16. The topological polar surface area (TPSA) is 97.6 Å². The Balaban J connectivity index is 2.31. The van der Waals surface area contributed by atoms with E-state index in [4.69, 9.17) is 0 Å². The predicted octanol–water partition coefficient (Wildman–Crippen LogP) is 3.14. The fourth-order valence-electron chi connectivity index (χ4n) is 2.64. The summed E-state index contributed by atoms with van der Waals surface area (Å²) >= 11 is 0. The molecule has 2 rings (SSSR count). The minimum atomic E-state index is -3.29. The molecule has 8 heteroatoms. The fourth-order valence-corrected chi connectivity index (χ4v) is 3.27. The Labute approximate surface area is 152 Å². The fraction of sp³-hybridized carbons (Fsp3) is 0.278. The number of amides is 1. The molecule has 0 radical (unpaired) electrons. The summed E-state index contributed by atoms with van der Waals surface area (Å²) in [4.78, 5) is 25.0. The van der Waals surface area contributed by atoms with Gasteiger partial charge in [0.15, 0.2) is 9.84 Å². The van der Waals surface area contributed by atoms with Gasteiger partial charge in [0.1, 0.15) is 0 Å². The summed E-state index contributed by atoms with van der Waals surface area (Å²) in [5, 5.41) is 11.1. The third kappa shape index (κ3) is 3.91. The summed E-state index contributed by atoms with van der Waals surface area (Å²) in [6.07, 6.45) is 1.13. The third-order valence-corrected chi connectivity index (χ3v) is 5.55. The Kier molecular flexibility index (Phi) is 5.46. The summed E-state index contributed by atoms with van der Waals surface area (Å²) in [6.45, 7) is 3.35. The minimum Gasteiger partial charge on any atom is -0.335 e. The van der Waals surface area contributed by atoms with Crippen LogP contribution in [0.3, 0.4) is 0 Å². The van der Waals surface area contributed by atoms with Crippen LogP contribution in [0.2, 0.25) is 0 Å². The summed E-state index contributed by atoms with van der Waals surface area (Å²) in [5.74, 6) is -0.342. The molecule has 0 aliphatic heterocycles. The number of hydrogen-bond donors (Lipinski definition) is 0. The van der Waals surface area contributed by atoms with Crippen molar-refractivity contribution in [2.75, 3.05) is 13.3 Å². The quantitative estimate of drug-likeness (QED) is 0.590. The van der Waals surface area contributed by atoms with Crippen molar-refractivity contribution in [2.45, 2.75) is 24.8 Å². The van der Waals surface area contributed by atoms with Crippen molar-refractivity contribution < 1.29 is 18.1 Å². The van der Waals surface area contributed by atoms with Crippen molar-refractivity contribution in [1.82, 2.24) is 4.90 Å². The maximum Gasteiger partial charge on any atom is 0.273 e. The number of rotatable bonds is 5. The molecule has 0 aromatic heterocycles. The van der Waals surface area contributed by atoms with E-state index < -0.39 is 14.8 Å². The van der Waals surface area contributed by atoms with Crippen molar-refractivity contribution in [3.63, 3.8) is 0 Å². The highest BCUT2D eigenvalue weighted by molar-refractivity contribution is 7.90. The molecule has 0 bridgehead atoms. The van der Waals surface area contributed by atoms with Gasteiger partial charge in [-0.1, -0.05) is 18.2 Å². The van der Waals surface area contributed by atoms with E-state index in [2.05, 4.69) is 0 Å². The van der Waals surface area contributed by atoms with Crippen LogP contribution in [0, 0.1) is 17.0 Å². The average Bonchev–Trinajstić information content (AvgIpc) is 2.59. The number of hydrogen-bond acceptors (Lipinski definition) is 5. The maximum atomic E-state index is 12.8. The molecule has 0 saturated heterocycles. The van der Waals surface area contributed by atoms with Gasteiger partial charge in [0.25, 0.3) is 11.6 Å². The molecule has 0 spiro atoms. The minimum absolute atomic E-state index is 0.102. The Morgan fingerprint density at radius 2 is 1.73 bits per heavy atom. The number of carbonyl (C=O) groups excluding carboxylic acids is 1. The second kappa shape index (κ2) is 7.25. The number of nitro groups is 1. The highest BCUT2D eigenvalue weighted by Crippen LogP contribution is 2.26. The standard InChI is InChI=1S/C18H20N2O5S/c1-12-16(6-5-7-17(12)20(22)23)18(21)19(3)13(2)14-8-10-15(11-9-14)26(4,24)25/h5-11,13H,1-4H3/t13-/m1/s1. The van der Waals surface area contributed by atoms with Gasteiger partial charge in [0.05, 0.1) is 15.9 Å². The molecule has 0 heterocycles. The molecule has 0 aliphatic carbocycles. The molecule has 138 valence electrons. The molecular formula is C18H20N2O5S. The summed E-state index contributed by atoms with van der Waals surface area (Å²) in [6, 6.07) is 10.4. The normalized spacial score (nSPS) is 12.5.